The Morgan fingerprint density at radius 2 is 1.89 bits per heavy atom. The zero-order chi connectivity index (χ0) is 13.8. The minimum Gasteiger partial charge on any atom is -0.493 e. The maximum absolute atomic E-state index is 5.63. The average Bonchev–Trinajstić information content (AvgIpc) is 2.38. The van der Waals surface area contributed by atoms with Crippen LogP contribution in [0.1, 0.15) is 12.5 Å². The quantitative estimate of drug-likeness (QED) is 0.872. The molecule has 4 N–H and O–H groups in total. The van der Waals surface area contributed by atoms with Crippen LogP contribution in [0, 0.1) is 0 Å². The van der Waals surface area contributed by atoms with Gasteiger partial charge in [0.15, 0.2) is 11.5 Å². The molecule has 100 valence electrons. The first-order valence-corrected chi connectivity index (χ1v) is 5.87. The number of ether oxygens (including phenoxy) is 2. The van der Waals surface area contributed by atoms with E-state index in [2.05, 4.69) is 16.9 Å². The maximum atomic E-state index is 5.63. The summed E-state index contributed by atoms with van der Waals surface area (Å²) in [5, 5.41) is 0. The fourth-order valence-electron chi connectivity index (χ4n) is 1.64. The molecule has 0 bridgehead atoms. The van der Waals surface area contributed by atoms with Crippen LogP contribution >= 0.6 is 0 Å². The minimum atomic E-state index is 0.0687. The third kappa shape index (κ3) is 3.04. The first-order valence-electron chi connectivity index (χ1n) is 5.87. The van der Waals surface area contributed by atoms with E-state index < -0.39 is 0 Å². The van der Waals surface area contributed by atoms with E-state index in [-0.39, 0.29) is 17.6 Å². The molecule has 0 aliphatic rings. The van der Waals surface area contributed by atoms with Crippen molar-refractivity contribution in [2.75, 3.05) is 18.6 Å². The Hall–Kier alpha value is -2.50. The summed E-state index contributed by atoms with van der Waals surface area (Å²) in [6.07, 6.45) is 0.921. The average molecular weight is 260 g/mol. The van der Waals surface area contributed by atoms with Gasteiger partial charge in [0.25, 0.3) is 0 Å². The van der Waals surface area contributed by atoms with Crippen molar-refractivity contribution < 1.29 is 9.47 Å². The van der Waals surface area contributed by atoms with E-state index in [0.717, 1.165) is 12.0 Å². The molecule has 0 aliphatic heterocycles. The Balaban J connectivity index is 2.32. The van der Waals surface area contributed by atoms with Crippen molar-refractivity contribution in [1.29, 1.82) is 0 Å². The summed E-state index contributed by atoms with van der Waals surface area (Å²) in [5.41, 5.74) is 12.3. The zero-order valence-electron chi connectivity index (χ0n) is 10.9. The van der Waals surface area contributed by atoms with Gasteiger partial charge in [-0.05, 0) is 24.1 Å². The molecule has 2 rings (SSSR count). The molecule has 0 atom stereocenters. The molecule has 0 amide bonds. The van der Waals surface area contributed by atoms with Gasteiger partial charge in [-0.3, -0.25) is 0 Å². The van der Waals surface area contributed by atoms with E-state index in [1.165, 1.54) is 6.07 Å². The van der Waals surface area contributed by atoms with Gasteiger partial charge < -0.3 is 20.9 Å². The predicted molar refractivity (Wildman–Crippen MR) is 73.3 cm³/mol. The molecule has 0 aliphatic carbocycles. The van der Waals surface area contributed by atoms with Crippen LogP contribution in [0.25, 0.3) is 0 Å². The molecule has 0 unspecified atom stereocenters. The van der Waals surface area contributed by atoms with Gasteiger partial charge in [0.05, 0.1) is 7.11 Å². The van der Waals surface area contributed by atoms with Crippen LogP contribution in [0.3, 0.4) is 0 Å². The lowest BCUT2D eigenvalue weighted by atomic mass is 10.1. The van der Waals surface area contributed by atoms with Crippen LogP contribution in [0.4, 0.5) is 11.8 Å². The number of hydrogen-bond acceptors (Lipinski definition) is 6. The van der Waals surface area contributed by atoms with Crippen LogP contribution in [-0.2, 0) is 6.42 Å². The summed E-state index contributed by atoms with van der Waals surface area (Å²) >= 11 is 0. The van der Waals surface area contributed by atoms with E-state index in [9.17, 15) is 0 Å². The highest BCUT2D eigenvalue weighted by atomic mass is 16.5. The fraction of sp³-hybridized carbons (Fsp3) is 0.231. The van der Waals surface area contributed by atoms with Crippen molar-refractivity contribution in [3.63, 3.8) is 0 Å². The normalized spacial score (nSPS) is 10.2. The maximum Gasteiger partial charge on any atom is 0.226 e. The van der Waals surface area contributed by atoms with Gasteiger partial charge in [-0.1, -0.05) is 13.0 Å². The first-order chi connectivity index (χ1) is 9.12. The largest absolute Gasteiger partial charge is 0.493 e. The van der Waals surface area contributed by atoms with Crippen molar-refractivity contribution >= 4 is 11.8 Å². The number of aromatic nitrogens is 2. The molecule has 1 aromatic carbocycles. The summed E-state index contributed by atoms with van der Waals surface area (Å²) in [6.45, 7) is 2.07. The molecular formula is C13H16N4O2. The lowest BCUT2D eigenvalue weighted by Gasteiger charge is -2.11. The van der Waals surface area contributed by atoms with E-state index in [0.29, 0.717) is 11.5 Å². The van der Waals surface area contributed by atoms with E-state index >= 15 is 0 Å². The van der Waals surface area contributed by atoms with Crippen LogP contribution in [0.5, 0.6) is 17.4 Å². The van der Waals surface area contributed by atoms with Crippen molar-refractivity contribution in [3.05, 3.63) is 29.8 Å². The molecule has 0 spiro atoms. The molecular weight excluding hydrogens is 244 g/mol. The lowest BCUT2D eigenvalue weighted by molar-refractivity contribution is 0.374. The highest BCUT2D eigenvalue weighted by molar-refractivity contribution is 5.46. The minimum absolute atomic E-state index is 0.0687. The van der Waals surface area contributed by atoms with E-state index in [1.54, 1.807) is 7.11 Å². The number of aryl methyl sites for hydroxylation is 1. The topological polar surface area (TPSA) is 96.3 Å². The fourth-order valence-corrected chi connectivity index (χ4v) is 1.64. The molecule has 1 aromatic heterocycles. The zero-order valence-corrected chi connectivity index (χ0v) is 10.9. The van der Waals surface area contributed by atoms with Crippen molar-refractivity contribution in [2.24, 2.45) is 0 Å². The van der Waals surface area contributed by atoms with Crippen LogP contribution < -0.4 is 20.9 Å². The summed E-state index contributed by atoms with van der Waals surface area (Å²) in [5.74, 6) is 1.80. The van der Waals surface area contributed by atoms with Crippen molar-refractivity contribution in [3.8, 4) is 17.4 Å². The Morgan fingerprint density at radius 3 is 2.53 bits per heavy atom. The molecule has 0 fully saturated rings. The number of benzene rings is 1. The smallest absolute Gasteiger partial charge is 0.226 e. The Labute approximate surface area is 111 Å². The molecule has 6 nitrogen and oxygen atoms in total. The number of rotatable bonds is 4. The highest BCUT2D eigenvalue weighted by Gasteiger charge is 2.08. The van der Waals surface area contributed by atoms with Gasteiger partial charge >= 0.3 is 0 Å². The van der Waals surface area contributed by atoms with Crippen molar-refractivity contribution in [2.45, 2.75) is 13.3 Å². The third-order valence-corrected chi connectivity index (χ3v) is 2.59. The molecule has 19 heavy (non-hydrogen) atoms. The monoisotopic (exact) mass is 260 g/mol. The van der Waals surface area contributed by atoms with Crippen LogP contribution in [0.15, 0.2) is 24.3 Å². The SMILES string of the molecule is CCc1ccc(Oc2cc(N)nc(N)n2)c(OC)c1. The van der Waals surface area contributed by atoms with Gasteiger partial charge in [-0.2, -0.15) is 9.97 Å². The second-order valence-electron chi connectivity index (χ2n) is 3.93. The molecule has 0 saturated heterocycles. The highest BCUT2D eigenvalue weighted by Crippen LogP contribution is 2.32. The van der Waals surface area contributed by atoms with Crippen molar-refractivity contribution in [1.82, 2.24) is 9.97 Å². The van der Waals surface area contributed by atoms with Crippen LogP contribution in [-0.4, -0.2) is 17.1 Å². The number of anilines is 2. The standard InChI is InChI=1S/C13H16N4O2/c1-3-8-4-5-9(10(6-8)18-2)19-12-7-11(14)16-13(15)17-12/h4-7H,3H2,1-2H3,(H4,14,15,16,17). The summed E-state index contributed by atoms with van der Waals surface area (Å²) < 4.78 is 10.9. The number of nitrogens with two attached hydrogens (primary N) is 2. The van der Waals surface area contributed by atoms with Gasteiger partial charge in [0.1, 0.15) is 5.82 Å². The van der Waals surface area contributed by atoms with Gasteiger partial charge in [0.2, 0.25) is 11.8 Å². The number of nitrogens with zero attached hydrogens (tertiary/aromatic N) is 2. The predicted octanol–water partition coefficient (Wildman–Crippen LogP) is 2.00. The van der Waals surface area contributed by atoms with Gasteiger partial charge in [-0.25, -0.2) is 0 Å². The Kier molecular flexibility index (Phi) is 3.70. The van der Waals surface area contributed by atoms with E-state index in [4.69, 9.17) is 20.9 Å². The summed E-state index contributed by atoms with van der Waals surface area (Å²) in [4.78, 5) is 7.74. The summed E-state index contributed by atoms with van der Waals surface area (Å²) in [6, 6.07) is 7.21. The van der Waals surface area contributed by atoms with Gasteiger partial charge in [-0.15, -0.1) is 0 Å². The molecule has 0 radical (unpaired) electrons. The first kappa shape index (κ1) is 12.9. The van der Waals surface area contributed by atoms with E-state index in [1.807, 2.05) is 18.2 Å². The molecule has 2 aromatic rings. The third-order valence-electron chi connectivity index (χ3n) is 2.59. The molecule has 6 heteroatoms. The number of nitrogen functional groups attached to an aromatic ring is 2. The Morgan fingerprint density at radius 1 is 1.11 bits per heavy atom. The van der Waals surface area contributed by atoms with Crippen LogP contribution in [0.2, 0.25) is 0 Å². The lowest BCUT2D eigenvalue weighted by Crippen LogP contribution is -2.01. The second kappa shape index (κ2) is 5.43. The Bertz CT molecular complexity index is 567. The number of hydrogen-bond donors (Lipinski definition) is 2. The molecule has 1 heterocycles. The summed E-state index contributed by atoms with van der Waals surface area (Å²) in [7, 11) is 1.59. The molecule has 0 saturated carbocycles. The second-order valence-corrected chi connectivity index (χ2v) is 3.93. The van der Waals surface area contributed by atoms with Gasteiger partial charge in [0, 0.05) is 6.07 Å². The number of methoxy groups -OCH3 is 1.